The number of hydrogen-bond donors (Lipinski definition) is 0. The fourth-order valence-corrected chi connectivity index (χ4v) is 2.49. The molecule has 0 saturated heterocycles. The normalized spacial score (nSPS) is 17.3. The molecule has 0 radical (unpaired) electrons. The Morgan fingerprint density at radius 1 is 1.24 bits per heavy atom. The van der Waals surface area contributed by atoms with Gasteiger partial charge in [0.1, 0.15) is 0 Å². The van der Waals surface area contributed by atoms with Crippen molar-refractivity contribution in [3.8, 4) is 0 Å². The highest BCUT2D eigenvalue weighted by molar-refractivity contribution is 6.20. The quantitative estimate of drug-likeness (QED) is 0.762. The van der Waals surface area contributed by atoms with E-state index in [1.807, 2.05) is 11.8 Å². The maximum absolute atomic E-state index is 12.1. The molecule has 0 spiro atoms. The summed E-state index contributed by atoms with van der Waals surface area (Å²) in [6.07, 6.45) is 2.16. The van der Waals surface area contributed by atoms with Gasteiger partial charge in [0, 0.05) is 6.04 Å². The Kier molecular flexibility index (Phi) is 3.47. The van der Waals surface area contributed by atoms with E-state index in [0.717, 1.165) is 19.4 Å². The second-order valence-electron chi connectivity index (χ2n) is 5.21. The van der Waals surface area contributed by atoms with E-state index >= 15 is 0 Å². The SMILES string of the molecule is CCN(CC(=O)ON1C(=O)c2ccccc2C1=O)C1CC1. The van der Waals surface area contributed by atoms with Crippen molar-refractivity contribution in [1.29, 1.82) is 0 Å². The summed E-state index contributed by atoms with van der Waals surface area (Å²) in [7, 11) is 0. The molecule has 0 unspecified atom stereocenters. The van der Waals surface area contributed by atoms with Crippen molar-refractivity contribution in [1.82, 2.24) is 9.96 Å². The Balaban J connectivity index is 1.67. The molecule has 0 aromatic heterocycles. The number of fused-ring (bicyclic) bond motifs is 1. The highest BCUT2D eigenvalue weighted by atomic mass is 16.7. The fourth-order valence-electron chi connectivity index (χ4n) is 2.49. The Morgan fingerprint density at radius 2 is 1.81 bits per heavy atom. The van der Waals surface area contributed by atoms with E-state index in [0.29, 0.717) is 11.1 Å². The van der Waals surface area contributed by atoms with Gasteiger partial charge in [-0.2, -0.15) is 0 Å². The lowest BCUT2D eigenvalue weighted by molar-refractivity contribution is -0.169. The van der Waals surface area contributed by atoms with Gasteiger partial charge in [-0.25, -0.2) is 4.79 Å². The molecule has 2 amide bonds. The van der Waals surface area contributed by atoms with Crippen molar-refractivity contribution in [2.75, 3.05) is 13.1 Å². The summed E-state index contributed by atoms with van der Waals surface area (Å²) in [4.78, 5) is 43.0. The third-order valence-corrected chi connectivity index (χ3v) is 3.75. The van der Waals surface area contributed by atoms with E-state index in [-0.39, 0.29) is 17.7 Å². The number of benzene rings is 1. The summed E-state index contributed by atoms with van der Waals surface area (Å²) in [6, 6.07) is 6.85. The molecule has 1 aliphatic heterocycles. The van der Waals surface area contributed by atoms with Crippen LogP contribution < -0.4 is 0 Å². The van der Waals surface area contributed by atoms with Gasteiger partial charge >= 0.3 is 5.97 Å². The molecule has 1 aliphatic carbocycles. The summed E-state index contributed by atoms with van der Waals surface area (Å²) >= 11 is 0. The number of carbonyl (C=O) groups is 3. The summed E-state index contributed by atoms with van der Waals surface area (Å²) in [5.74, 6) is -1.75. The van der Waals surface area contributed by atoms with Gasteiger partial charge in [0.05, 0.1) is 17.7 Å². The molecule has 6 heteroatoms. The van der Waals surface area contributed by atoms with Crippen molar-refractivity contribution in [2.24, 2.45) is 0 Å². The fraction of sp³-hybridized carbons (Fsp3) is 0.400. The minimum Gasteiger partial charge on any atom is -0.328 e. The maximum Gasteiger partial charge on any atom is 0.347 e. The van der Waals surface area contributed by atoms with E-state index in [1.165, 1.54) is 0 Å². The number of imide groups is 1. The lowest BCUT2D eigenvalue weighted by atomic mass is 10.1. The Hall–Kier alpha value is -2.21. The molecule has 3 rings (SSSR count). The Bertz CT molecular complexity index is 574. The molecule has 1 fully saturated rings. The first-order chi connectivity index (χ1) is 10.1. The molecule has 0 bridgehead atoms. The Morgan fingerprint density at radius 3 is 2.29 bits per heavy atom. The number of hydroxylamine groups is 2. The molecular formula is C15H16N2O4. The van der Waals surface area contributed by atoms with Gasteiger partial charge in [-0.3, -0.25) is 14.5 Å². The smallest absolute Gasteiger partial charge is 0.328 e. The van der Waals surface area contributed by atoms with Crippen LogP contribution in [0, 0.1) is 0 Å². The number of rotatable bonds is 5. The van der Waals surface area contributed by atoms with Gasteiger partial charge < -0.3 is 4.84 Å². The lowest BCUT2D eigenvalue weighted by Gasteiger charge is -2.20. The second-order valence-corrected chi connectivity index (χ2v) is 5.21. The molecule has 0 N–H and O–H groups in total. The van der Waals surface area contributed by atoms with E-state index in [9.17, 15) is 14.4 Å². The molecule has 21 heavy (non-hydrogen) atoms. The van der Waals surface area contributed by atoms with Crippen LogP contribution in [0.5, 0.6) is 0 Å². The van der Waals surface area contributed by atoms with Crippen molar-refractivity contribution >= 4 is 17.8 Å². The van der Waals surface area contributed by atoms with Gasteiger partial charge in [-0.15, -0.1) is 0 Å². The molecule has 6 nitrogen and oxygen atoms in total. The first-order valence-electron chi connectivity index (χ1n) is 7.04. The highest BCUT2D eigenvalue weighted by Crippen LogP contribution is 2.27. The Labute approximate surface area is 122 Å². The predicted octanol–water partition coefficient (Wildman–Crippen LogP) is 1.23. The summed E-state index contributed by atoms with van der Waals surface area (Å²) in [5, 5.41) is 0.563. The van der Waals surface area contributed by atoms with Crippen LogP contribution in [0.3, 0.4) is 0 Å². The van der Waals surface area contributed by atoms with Gasteiger partial charge in [-0.1, -0.05) is 24.1 Å². The average Bonchev–Trinajstić information content (AvgIpc) is 3.30. The van der Waals surface area contributed by atoms with Gasteiger partial charge in [0.15, 0.2) is 0 Å². The number of likely N-dealkylation sites (N-methyl/N-ethyl adjacent to an activating group) is 1. The van der Waals surface area contributed by atoms with Crippen molar-refractivity contribution in [3.05, 3.63) is 35.4 Å². The molecule has 2 aliphatic rings. The zero-order valence-corrected chi connectivity index (χ0v) is 11.7. The molecule has 110 valence electrons. The highest BCUT2D eigenvalue weighted by Gasteiger charge is 2.39. The van der Waals surface area contributed by atoms with Gasteiger partial charge in [-0.05, 0) is 31.5 Å². The predicted molar refractivity (Wildman–Crippen MR) is 73.3 cm³/mol. The number of hydrogen-bond acceptors (Lipinski definition) is 5. The largest absolute Gasteiger partial charge is 0.347 e. The topological polar surface area (TPSA) is 66.9 Å². The molecule has 1 aromatic carbocycles. The zero-order valence-electron chi connectivity index (χ0n) is 11.7. The van der Waals surface area contributed by atoms with Crippen molar-refractivity contribution < 1.29 is 19.2 Å². The van der Waals surface area contributed by atoms with Crippen LogP contribution in [-0.4, -0.2) is 46.9 Å². The van der Waals surface area contributed by atoms with Crippen LogP contribution >= 0.6 is 0 Å². The first-order valence-corrected chi connectivity index (χ1v) is 7.04. The van der Waals surface area contributed by atoms with Crippen LogP contribution in [0.25, 0.3) is 0 Å². The van der Waals surface area contributed by atoms with E-state index in [2.05, 4.69) is 0 Å². The number of nitrogens with zero attached hydrogens (tertiary/aromatic N) is 2. The molecule has 1 heterocycles. The summed E-state index contributed by atoms with van der Waals surface area (Å²) in [6.45, 7) is 2.80. The minimum atomic E-state index is -0.585. The van der Waals surface area contributed by atoms with Gasteiger partial charge in [0.2, 0.25) is 0 Å². The van der Waals surface area contributed by atoms with Gasteiger partial charge in [0.25, 0.3) is 11.8 Å². The van der Waals surface area contributed by atoms with Crippen LogP contribution in [0.1, 0.15) is 40.5 Å². The van der Waals surface area contributed by atoms with E-state index < -0.39 is 17.8 Å². The van der Waals surface area contributed by atoms with Crippen LogP contribution in [-0.2, 0) is 9.63 Å². The third-order valence-electron chi connectivity index (χ3n) is 3.75. The number of carbonyl (C=O) groups excluding carboxylic acids is 3. The first kappa shape index (κ1) is 13.8. The molecule has 0 atom stereocenters. The zero-order chi connectivity index (χ0) is 15.0. The van der Waals surface area contributed by atoms with Crippen molar-refractivity contribution in [3.63, 3.8) is 0 Å². The van der Waals surface area contributed by atoms with E-state index in [1.54, 1.807) is 24.3 Å². The summed E-state index contributed by atoms with van der Waals surface area (Å²) < 4.78 is 0. The molecule has 1 aromatic rings. The second kappa shape index (κ2) is 5.29. The van der Waals surface area contributed by atoms with Crippen LogP contribution in [0.2, 0.25) is 0 Å². The minimum absolute atomic E-state index is 0.0918. The standard InChI is InChI=1S/C15H16N2O4/c1-2-16(10-7-8-10)9-13(18)21-17-14(19)11-5-3-4-6-12(11)15(17)20/h3-6,10H,2,7-9H2,1H3. The third kappa shape index (κ3) is 2.54. The number of amides is 2. The molecule has 1 saturated carbocycles. The van der Waals surface area contributed by atoms with Crippen LogP contribution in [0.4, 0.5) is 0 Å². The lowest BCUT2D eigenvalue weighted by Crippen LogP contribution is -2.38. The average molecular weight is 288 g/mol. The van der Waals surface area contributed by atoms with E-state index in [4.69, 9.17) is 4.84 Å². The maximum atomic E-state index is 12.1. The van der Waals surface area contributed by atoms with Crippen molar-refractivity contribution in [2.45, 2.75) is 25.8 Å². The van der Waals surface area contributed by atoms with Crippen LogP contribution in [0.15, 0.2) is 24.3 Å². The monoisotopic (exact) mass is 288 g/mol. The summed E-state index contributed by atoms with van der Waals surface area (Å²) in [5.41, 5.74) is 0.537. The molecular weight excluding hydrogens is 272 g/mol.